The standard InChI is InChI=1S/C42H47N3O5/c1-27(2)44-22-23-45-35-25-31(41(49)43-42(20-7-21-42)37(46)24-29-12-10-28(11-13-29)14-19-38(47)48)15-17-33(35)39(30-8-5-4-6-9-30)40(45)34-18-16-32(50-3)26-36(34)44/h10-19,25-27,30H,4-9,20-24H2,1-3H3,(H,43,49)(H,47,48)/b19-14+. The van der Waals surface area contributed by atoms with Crippen molar-refractivity contribution in [2.24, 2.45) is 0 Å². The molecule has 0 radical (unpaired) electrons. The number of fused-ring (bicyclic) bond motifs is 5. The van der Waals surface area contributed by atoms with Crippen LogP contribution in [0.1, 0.15) is 98.2 Å². The van der Waals surface area contributed by atoms with Crippen molar-refractivity contribution in [3.8, 4) is 17.0 Å². The van der Waals surface area contributed by atoms with Crippen LogP contribution < -0.4 is 15.0 Å². The molecule has 2 aliphatic carbocycles. The highest BCUT2D eigenvalue weighted by Gasteiger charge is 2.45. The van der Waals surface area contributed by atoms with Crippen LogP contribution in [0.2, 0.25) is 0 Å². The molecule has 3 aromatic carbocycles. The lowest BCUT2D eigenvalue weighted by molar-refractivity contribution is -0.131. The lowest BCUT2D eigenvalue weighted by Gasteiger charge is -2.41. The van der Waals surface area contributed by atoms with Gasteiger partial charge in [-0.25, -0.2) is 4.79 Å². The second kappa shape index (κ2) is 13.8. The quantitative estimate of drug-likeness (QED) is 0.165. The van der Waals surface area contributed by atoms with Crippen molar-refractivity contribution < 1.29 is 24.2 Å². The number of methoxy groups -OCH3 is 1. The molecule has 7 rings (SSSR count). The number of hydrogen-bond acceptors (Lipinski definition) is 5. The number of nitrogens with one attached hydrogen (secondary N) is 1. The van der Waals surface area contributed by atoms with Crippen LogP contribution >= 0.6 is 0 Å². The van der Waals surface area contributed by atoms with Gasteiger partial charge in [-0.2, -0.15) is 0 Å². The number of ketones is 1. The molecule has 1 aliphatic heterocycles. The van der Waals surface area contributed by atoms with Gasteiger partial charge in [0.05, 0.1) is 24.0 Å². The van der Waals surface area contributed by atoms with Crippen molar-refractivity contribution in [2.45, 2.75) is 95.7 Å². The number of nitrogens with zero attached hydrogens (tertiary/aromatic N) is 2. The minimum atomic E-state index is -1.01. The Balaban J connectivity index is 1.22. The fourth-order valence-electron chi connectivity index (χ4n) is 8.35. The zero-order valence-electron chi connectivity index (χ0n) is 29.3. The Kier molecular flexibility index (Phi) is 9.29. The van der Waals surface area contributed by atoms with Gasteiger partial charge in [-0.1, -0.05) is 49.6 Å². The van der Waals surface area contributed by atoms with Crippen molar-refractivity contribution in [3.63, 3.8) is 0 Å². The molecule has 0 saturated heterocycles. The molecule has 2 fully saturated rings. The molecule has 260 valence electrons. The first kappa shape index (κ1) is 33.6. The van der Waals surface area contributed by atoms with Gasteiger partial charge in [-0.3, -0.25) is 9.59 Å². The zero-order chi connectivity index (χ0) is 35.0. The lowest BCUT2D eigenvalue weighted by Crippen LogP contribution is -2.59. The maximum Gasteiger partial charge on any atom is 0.328 e. The minimum Gasteiger partial charge on any atom is -0.497 e. The number of carbonyl (C=O) groups is 3. The fourth-order valence-corrected chi connectivity index (χ4v) is 8.35. The van der Waals surface area contributed by atoms with Crippen LogP contribution in [-0.2, 0) is 22.6 Å². The van der Waals surface area contributed by atoms with Gasteiger partial charge in [0.15, 0.2) is 5.78 Å². The van der Waals surface area contributed by atoms with E-state index in [1.165, 1.54) is 66.1 Å². The predicted octanol–water partition coefficient (Wildman–Crippen LogP) is 8.16. The molecule has 0 bridgehead atoms. The molecule has 3 aliphatic rings. The molecule has 0 atom stereocenters. The number of carbonyl (C=O) groups excluding carboxylic acids is 2. The molecule has 8 heteroatoms. The monoisotopic (exact) mass is 673 g/mol. The first-order valence-electron chi connectivity index (χ1n) is 18.1. The number of benzene rings is 3. The van der Waals surface area contributed by atoms with Crippen molar-refractivity contribution in [2.75, 3.05) is 18.6 Å². The summed E-state index contributed by atoms with van der Waals surface area (Å²) in [5, 5.41) is 13.3. The highest BCUT2D eigenvalue weighted by atomic mass is 16.5. The second-order valence-electron chi connectivity index (χ2n) is 14.6. The van der Waals surface area contributed by atoms with E-state index in [2.05, 4.69) is 59.0 Å². The summed E-state index contributed by atoms with van der Waals surface area (Å²) in [7, 11) is 1.72. The largest absolute Gasteiger partial charge is 0.497 e. The van der Waals surface area contributed by atoms with Crippen molar-refractivity contribution in [1.82, 2.24) is 9.88 Å². The Morgan fingerprint density at radius 3 is 2.38 bits per heavy atom. The molecule has 1 aromatic heterocycles. The van der Waals surface area contributed by atoms with Crippen molar-refractivity contribution in [1.29, 1.82) is 0 Å². The van der Waals surface area contributed by atoms with Gasteiger partial charge < -0.3 is 24.6 Å². The summed E-state index contributed by atoms with van der Waals surface area (Å²) < 4.78 is 8.13. The first-order valence-corrected chi connectivity index (χ1v) is 18.1. The van der Waals surface area contributed by atoms with E-state index in [0.717, 1.165) is 48.0 Å². The average Bonchev–Trinajstić information content (AvgIpc) is 3.32. The summed E-state index contributed by atoms with van der Waals surface area (Å²) in [5.74, 6) is 0.0880. The Labute approximate surface area is 294 Å². The maximum atomic E-state index is 14.0. The van der Waals surface area contributed by atoms with E-state index >= 15 is 0 Å². The van der Waals surface area contributed by atoms with Crippen LogP contribution in [0.15, 0.2) is 66.7 Å². The number of rotatable bonds is 10. The number of anilines is 1. The van der Waals surface area contributed by atoms with Crippen molar-refractivity contribution in [3.05, 3.63) is 89.0 Å². The molecule has 50 heavy (non-hydrogen) atoms. The van der Waals surface area contributed by atoms with Crippen molar-refractivity contribution >= 4 is 40.3 Å². The van der Waals surface area contributed by atoms with E-state index in [1.807, 2.05) is 18.2 Å². The van der Waals surface area contributed by atoms with E-state index in [1.54, 1.807) is 19.2 Å². The summed E-state index contributed by atoms with van der Waals surface area (Å²) in [6.45, 7) is 6.10. The van der Waals surface area contributed by atoms with E-state index in [-0.39, 0.29) is 18.1 Å². The third-order valence-electron chi connectivity index (χ3n) is 11.2. The maximum absolute atomic E-state index is 14.0. The normalized spacial score (nSPS) is 17.2. The Morgan fingerprint density at radius 1 is 0.960 bits per heavy atom. The van der Waals surface area contributed by atoms with Gasteiger partial charge >= 0.3 is 5.97 Å². The predicted molar refractivity (Wildman–Crippen MR) is 198 cm³/mol. The van der Waals surface area contributed by atoms with Gasteiger partial charge in [0, 0.05) is 59.7 Å². The number of ether oxygens (including phenoxy) is 1. The summed E-state index contributed by atoms with van der Waals surface area (Å²) in [6, 6.07) is 20.2. The molecule has 8 nitrogen and oxygen atoms in total. The smallest absolute Gasteiger partial charge is 0.328 e. The molecule has 2 saturated carbocycles. The van der Waals surface area contributed by atoms with Crippen LogP contribution in [0.3, 0.4) is 0 Å². The minimum absolute atomic E-state index is 0.00366. The Bertz CT molecular complexity index is 1960. The Morgan fingerprint density at radius 2 is 1.72 bits per heavy atom. The number of hydrogen-bond donors (Lipinski definition) is 2. The van der Waals surface area contributed by atoms with Gasteiger partial charge in [0.2, 0.25) is 0 Å². The molecule has 0 unspecified atom stereocenters. The molecular formula is C42H47N3O5. The number of carboxylic acid groups (broad SMARTS) is 1. The number of amides is 1. The number of aliphatic carboxylic acids is 1. The number of Topliss-reactive ketones (excluding diaryl/α,β-unsaturated/α-hetero) is 1. The molecule has 0 spiro atoms. The van der Waals surface area contributed by atoms with Gasteiger partial charge in [0.1, 0.15) is 5.75 Å². The third-order valence-corrected chi connectivity index (χ3v) is 11.2. The summed E-state index contributed by atoms with van der Waals surface area (Å²) >= 11 is 0. The third kappa shape index (κ3) is 6.32. The van der Waals surface area contributed by atoms with Gasteiger partial charge in [-0.05, 0) is 98.9 Å². The zero-order valence-corrected chi connectivity index (χ0v) is 29.3. The fraction of sp³-hybridized carbons (Fsp3) is 0.405. The van der Waals surface area contributed by atoms with E-state index in [4.69, 9.17) is 9.84 Å². The van der Waals surface area contributed by atoms with Gasteiger partial charge in [0.25, 0.3) is 5.91 Å². The van der Waals surface area contributed by atoms with E-state index in [0.29, 0.717) is 30.4 Å². The van der Waals surface area contributed by atoms with Crippen LogP contribution in [0.4, 0.5) is 5.69 Å². The highest BCUT2D eigenvalue weighted by Crippen LogP contribution is 2.48. The van der Waals surface area contributed by atoms with Gasteiger partial charge in [-0.15, -0.1) is 0 Å². The van der Waals surface area contributed by atoms with Crippen LogP contribution in [0.5, 0.6) is 5.75 Å². The number of aromatic nitrogens is 1. The molecule has 2 heterocycles. The van der Waals surface area contributed by atoms with Crippen LogP contribution in [-0.4, -0.2) is 52.6 Å². The second-order valence-corrected chi connectivity index (χ2v) is 14.6. The van der Waals surface area contributed by atoms with E-state index in [9.17, 15) is 14.4 Å². The number of carboxylic acids is 1. The summed E-state index contributed by atoms with van der Waals surface area (Å²) in [5.41, 5.74) is 7.42. The van der Waals surface area contributed by atoms with Crippen LogP contribution in [0, 0.1) is 0 Å². The molecular weight excluding hydrogens is 626 g/mol. The lowest BCUT2D eigenvalue weighted by atomic mass is 9.72. The van der Waals surface area contributed by atoms with Crippen LogP contribution in [0.25, 0.3) is 28.2 Å². The summed E-state index contributed by atoms with van der Waals surface area (Å²) in [6.07, 6.45) is 11.0. The SMILES string of the molecule is COc1ccc2c(c1)N(C(C)C)CCn1c-2c(C2CCCCC2)c2ccc(C(=O)NC3(C(=O)Cc4ccc(/C=C/C(=O)O)cc4)CCC3)cc21. The average molecular weight is 674 g/mol. The molecule has 1 amide bonds. The van der Waals surface area contributed by atoms with E-state index < -0.39 is 11.5 Å². The Hall–Kier alpha value is -4.85. The first-order chi connectivity index (χ1) is 24.2. The molecule has 2 N–H and O–H groups in total. The molecule has 4 aromatic rings. The highest BCUT2D eigenvalue weighted by molar-refractivity contribution is 6.04. The summed E-state index contributed by atoms with van der Waals surface area (Å²) in [4.78, 5) is 41.1. The topological polar surface area (TPSA) is 101 Å².